The summed E-state index contributed by atoms with van der Waals surface area (Å²) in [4.78, 5) is 42.8. The second-order valence-electron chi connectivity index (χ2n) is 10.4. The Morgan fingerprint density at radius 1 is 1.05 bits per heavy atom. The molecule has 0 aliphatic heterocycles. The van der Waals surface area contributed by atoms with E-state index >= 15 is 0 Å². The first-order chi connectivity index (χ1) is 20.8. The number of carbonyl (C=O) groups excluding carboxylic acids is 2. The van der Waals surface area contributed by atoms with Crippen LogP contribution < -0.4 is 5.32 Å². The quantitative estimate of drug-likeness (QED) is 0.145. The Balaban J connectivity index is 1.66. The van der Waals surface area contributed by atoms with E-state index in [0.29, 0.717) is 30.7 Å². The van der Waals surface area contributed by atoms with Gasteiger partial charge in [0.05, 0.1) is 17.5 Å². The first kappa shape index (κ1) is 32.0. The van der Waals surface area contributed by atoms with Gasteiger partial charge in [-0.15, -0.1) is 11.3 Å². The molecular weight excluding hydrogens is 579 g/mol. The lowest BCUT2D eigenvalue weighted by molar-refractivity contribution is -0.118. The summed E-state index contributed by atoms with van der Waals surface area (Å²) in [7, 11) is 0. The molecule has 4 rings (SSSR count). The van der Waals surface area contributed by atoms with E-state index in [0.717, 1.165) is 46.8 Å². The van der Waals surface area contributed by atoms with Gasteiger partial charge in [-0.3, -0.25) is 9.59 Å². The highest BCUT2D eigenvalue weighted by Gasteiger charge is 2.20. The number of rotatable bonds is 15. The summed E-state index contributed by atoms with van der Waals surface area (Å²) in [5.41, 5.74) is 3.70. The number of carboxylic acid groups (broad SMARTS) is 1. The van der Waals surface area contributed by atoms with Gasteiger partial charge in [0.15, 0.2) is 5.12 Å². The van der Waals surface area contributed by atoms with Crippen LogP contribution in [0.15, 0.2) is 83.9 Å². The molecule has 0 saturated carbocycles. The molecule has 2 heterocycles. The number of benzene rings is 2. The average molecular weight is 616 g/mol. The molecule has 9 heteroatoms. The van der Waals surface area contributed by atoms with E-state index in [-0.39, 0.29) is 22.6 Å². The number of nitrogens with zero attached hydrogens (tertiary/aromatic N) is 2. The zero-order valence-corrected chi connectivity index (χ0v) is 26.1. The van der Waals surface area contributed by atoms with E-state index in [1.165, 1.54) is 11.8 Å². The fourth-order valence-corrected chi connectivity index (χ4v) is 6.08. The number of aryl methyl sites for hydroxylation is 1. The topological polar surface area (TPSA) is 101 Å². The van der Waals surface area contributed by atoms with Crippen molar-refractivity contribution in [3.05, 3.63) is 117 Å². The molecule has 2 aromatic carbocycles. The molecule has 1 amide bonds. The predicted octanol–water partition coefficient (Wildman–Crippen LogP) is 6.67. The molecule has 4 aromatic rings. The molecule has 0 unspecified atom stereocenters. The summed E-state index contributed by atoms with van der Waals surface area (Å²) in [5.74, 6) is 0.268. The Morgan fingerprint density at radius 2 is 1.81 bits per heavy atom. The minimum atomic E-state index is -0.960. The van der Waals surface area contributed by atoms with Crippen LogP contribution in [0.1, 0.15) is 64.6 Å². The summed E-state index contributed by atoms with van der Waals surface area (Å²) in [6, 6.07) is 20.6. The number of aromatic carboxylic acids is 1. The number of imidazole rings is 1. The molecule has 224 valence electrons. The third-order valence-electron chi connectivity index (χ3n) is 6.97. The van der Waals surface area contributed by atoms with Crippen LogP contribution in [0.4, 0.5) is 0 Å². The number of amides is 1. The van der Waals surface area contributed by atoms with Gasteiger partial charge in [-0.25, -0.2) is 9.78 Å². The average Bonchev–Trinajstić information content (AvgIpc) is 3.65. The molecule has 2 N–H and O–H groups in total. The SMILES string of the molecule is CCCCc1ncc(C=C(Cc2cccs2)C(=O)N[C@@H](CSC(C)=O)Cc2ccccc2)n1Cc1ccc(C(=O)O)cc1. The number of aromatic nitrogens is 2. The second-order valence-corrected chi connectivity index (χ2v) is 12.6. The van der Waals surface area contributed by atoms with Crippen LogP contribution in [0, 0.1) is 0 Å². The van der Waals surface area contributed by atoms with Crippen LogP contribution in [-0.2, 0) is 35.4 Å². The fourth-order valence-electron chi connectivity index (χ4n) is 4.72. The Hall–Kier alpha value is -3.95. The van der Waals surface area contributed by atoms with E-state index < -0.39 is 5.97 Å². The zero-order chi connectivity index (χ0) is 30.6. The van der Waals surface area contributed by atoms with Crippen molar-refractivity contribution in [1.29, 1.82) is 0 Å². The van der Waals surface area contributed by atoms with E-state index in [2.05, 4.69) is 16.8 Å². The number of carboxylic acids is 1. The monoisotopic (exact) mass is 615 g/mol. The minimum absolute atomic E-state index is 0.0153. The first-order valence-corrected chi connectivity index (χ1v) is 16.3. The van der Waals surface area contributed by atoms with Crippen LogP contribution in [0.2, 0.25) is 0 Å². The van der Waals surface area contributed by atoms with Crippen molar-refractivity contribution in [2.45, 2.75) is 58.5 Å². The second kappa shape index (κ2) is 16.0. The largest absolute Gasteiger partial charge is 0.478 e. The van der Waals surface area contributed by atoms with Crippen molar-refractivity contribution >= 4 is 46.2 Å². The summed E-state index contributed by atoms with van der Waals surface area (Å²) in [6.07, 6.45) is 7.61. The van der Waals surface area contributed by atoms with Crippen LogP contribution in [0.3, 0.4) is 0 Å². The lowest BCUT2D eigenvalue weighted by Gasteiger charge is -2.19. The van der Waals surface area contributed by atoms with Gasteiger partial charge in [0.1, 0.15) is 5.82 Å². The number of thioether (sulfide) groups is 1. The predicted molar refractivity (Wildman–Crippen MR) is 175 cm³/mol. The summed E-state index contributed by atoms with van der Waals surface area (Å²) in [5, 5.41) is 14.5. The third-order valence-corrected chi connectivity index (χ3v) is 8.82. The molecule has 43 heavy (non-hydrogen) atoms. The number of hydrogen-bond acceptors (Lipinski definition) is 6. The van der Waals surface area contributed by atoms with Gasteiger partial charge in [-0.1, -0.05) is 73.6 Å². The van der Waals surface area contributed by atoms with Crippen LogP contribution in [0.25, 0.3) is 6.08 Å². The molecule has 0 aliphatic rings. The number of hydrogen-bond donors (Lipinski definition) is 2. The standard InChI is InChI=1S/C34H37N3O4S2/c1-3-4-12-32-35-21-30(37(32)22-26-13-15-27(16-14-26)34(40)41)19-28(20-31-11-8-17-42-31)33(39)36-29(23-43-24(2)38)18-25-9-6-5-7-10-25/h5-11,13-17,19,21,29H,3-4,12,18,20,22-23H2,1-2H3,(H,36,39)(H,40,41)/t29-/m1/s1. The van der Waals surface area contributed by atoms with E-state index in [9.17, 15) is 19.5 Å². The smallest absolute Gasteiger partial charge is 0.335 e. The lowest BCUT2D eigenvalue weighted by Crippen LogP contribution is -2.39. The van der Waals surface area contributed by atoms with E-state index in [1.54, 1.807) is 30.4 Å². The van der Waals surface area contributed by atoms with Gasteiger partial charge in [0, 0.05) is 48.6 Å². The highest BCUT2D eigenvalue weighted by Crippen LogP contribution is 2.21. The maximum atomic E-state index is 13.9. The zero-order valence-electron chi connectivity index (χ0n) is 24.5. The molecule has 7 nitrogen and oxygen atoms in total. The maximum absolute atomic E-state index is 13.9. The van der Waals surface area contributed by atoms with Crippen molar-refractivity contribution < 1.29 is 19.5 Å². The third kappa shape index (κ3) is 9.80. The van der Waals surface area contributed by atoms with Crippen molar-refractivity contribution in [3.8, 4) is 0 Å². The minimum Gasteiger partial charge on any atom is -0.478 e. The molecule has 0 bridgehead atoms. The highest BCUT2D eigenvalue weighted by atomic mass is 32.2. The first-order valence-electron chi connectivity index (χ1n) is 14.4. The highest BCUT2D eigenvalue weighted by molar-refractivity contribution is 8.13. The van der Waals surface area contributed by atoms with Gasteiger partial charge in [0.25, 0.3) is 0 Å². The van der Waals surface area contributed by atoms with Gasteiger partial charge in [0.2, 0.25) is 5.91 Å². The molecule has 0 fully saturated rings. The lowest BCUT2D eigenvalue weighted by atomic mass is 10.0. The summed E-state index contributed by atoms with van der Waals surface area (Å²) >= 11 is 2.82. The van der Waals surface area contributed by atoms with Crippen molar-refractivity contribution in [3.63, 3.8) is 0 Å². The Bertz CT molecular complexity index is 1530. The number of thiophene rings is 1. The van der Waals surface area contributed by atoms with Gasteiger partial charge >= 0.3 is 5.97 Å². The van der Waals surface area contributed by atoms with Crippen molar-refractivity contribution in [2.24, 2.45) is 0 Å². The molecule has 0 aliphatic carbocycles. The molecule has 0 radical (unpaired) electrons. The van der Waals surface area contributed by atoms with Gasteiger partial charge < -0.3 is 15.0 Å². The maximum Gasteiger partial charge on any atom is 0.335 e. The summed E-state index contributed by atoms with van der Waals surface area (Å²) < 4.78 is 2.11. The Kier molecular flexibility index (Phi) is 11.9. The number of carbonyl (C=O) groups is 3. The Morgan fingerprint density at radius 3 is 2.47 bits per heavy atom. The molecule has 2 aromatic heterocycles. The van der Waals surface area contributed by atoms with E-state index in [4.69, 9.17) is 4.98 Å². The van der Waals surface area contributed by atoms with Gasteiger partial charge in [-0.05, 0) is 53.6 Å². The molecule has 0 saturated heterocycles. The molecule has 0 spiro atoms. The van der Waals surface area contributed by atoms with Crippen LogP contribution >= 0.6 is 23.1 Å². The number of unbranched alkanes of at least 4 members (excludes halogenated alkanes) is 1. The summed E-state index contributed by atoms with van der Waals surface area (Å²) in [6.45, 7) is 4.18. The molecular formula is C34H37N3O4S2. The van der Waals surface area contributed by atoms with Crippen molar-refractivity contribution in [1.82, 2.24) is 14.9 Å². The normalized spacial score (nSPS) is 12.2. The van der Waals surface area contributed by atoms with Crippen LogP contribution in [-0.4, -0.2) is 43.4 Å². The van der Waals surface area contributed by atoms with Gasteiger partial charge in [-0.2, -0.15) is 0 Å². The van der Waals surface area contributed by atoms with Crippen LogP contribution in [0.5, 0.6) is 0 Å². The molecule has 1 atom stereocenters. The van der Waals surface area contributed by atoms with E-state index in [1.807, 2.05) is 72.3 Å². The Labute approximate surface area is 261 Å². The fraction of sp³-hybridized carbons (Fsp3) is 0.294. The number of nitrogens with one attached hydrogen (secondary N) is 1. The van der Waals surface area contributed by atoms with Crippen molar-refractivity contribution in [2.75, 3.05) is 5.75 Å².